The standard InChI is InChI=1S/C72H133NO8/c1-3-5-7-9-11-13-15-17-19-21-23-25-27-29-31-32-33-34-36-37-39-41-43-45-47-49-51-53-55-57-59-61-66(75)65(64-80-72-71(79)70(78)69(77)67(63-74)81-72)73-68(76)62-60-58-56-54-52-50-48-46-44-42-40-38-35-30-28-26-24-22-20-18-16-14-12-10-8-6-4-2/h6,8,12,14,18,20,24,26,30,35,65-67,69-72,74-75,77-79H,3-5,7,9-11,13,15-17,19,21-23,25,27-29,31-34,36-64H2,1-2H3,(H,73,76)/b8-6-,14-12-,20-18-,26-24-,35-30-. The van der Waals surface area contributed by atoms with Crippen molar-refractivity contribution in [2.75, 3.05) is 13.2 Å². The largest absolute Gasteiger partial charge is 0.394 e. The summed E-state index contributed by atoms with van der Waals surface area (Å²) in [5.74, 6) is -0.145. The van der Waals surface area contributed by atoms with Gasteiger partial charge in [0.15, 0.2) is 6.29 Å². The normalized spacial score (nSPS) is 18.7. The molecule has 9 nitrogen and oxygen atoms in total. The number of carbonyl (C=O) groups is 1. The van der Waals surface area contributed by atoms with Crippen LogP contribution in [-0.2, 0) is 14.3 Å². The number of allylic oxidation sites excluding steroid dienone is 10. The summed E-state index contributed by atoms with van der Waals surface area (Å²) in [6.07, 6.45) is 77.1. The van der Waals surface area contributed by atoms with Crippen molar-refractivity contribution < 1.29 is 39.8 Å². The highest BCUT2D eigenvalue weighted by Gasteiger charge is 2.44. The lowest BCUT2D eigenvalue weighted by molar-refractivity contribution is -0.302. The molecule has 0 radical (unpaired) electrons. The monoisotopic (exact) mass is 1140 g/mol. The fraction of sp³-hybridized carbons (Fsp3) is 0.847. The molecule has 0 aromatic carbocycles. The Balaban J connectivity index is 2.12. The van der Waals surface area contributed by atoms with Gasteiger partial charge in [-0.2, -0.15) is 0 Å². The smallest absolute Gasteiger partial charge is 0.220 e. The van der Waals surface area contributed by atoms with Gasteiger partial charge in [-0.15, -0.1) is 0 Å². The summed E-state index contributed by atoms with van der Waals surface area (Å²) < 4.78 is 11.4. The molecule has 0 saturated carbocycles. The molecule has 1 heterocycles. The van der Waals surface area contributed by atoms with Gasteiger partial charge in [0.25, 0.3) is 0 Å². The second kappa shape index (κ2) is 61.0. The van der Waals surface area contributed by atoms with E-state index in [1.165, 1.54) is 238 Å². The van der Waals surface area contributed by atoms with Crippen LogP contribution in [0.5, 0.6) is 0 Å². The highest BCUT2D eigenvalue weighted by molar-refractivity contribution is 5.76. The molecule has 7 atom stereocenters. The zero-order valence-corrected chi connectivity index (χ0v) is 53.0. The fourth-order valence-electron chi connectivity index (χ4n) is 11.2. The number of hydrogen-bond donors (Lipinski definition) is 6. The molecule has 1 aliphatic rings. The van der Waals surface area contributed by atoms with Crippen LogP contribution in [0, 0.1) is 0 Å². The zero-order chi connectivity index (χ0) is 58.6. The number of aliphatic hydroxyl groups excluding tert-OH is 5. The van der Waals surface area contributed by atoms with Crippen molar-refractivity contribution in [1.82, 2.24) is 5.32 Å². The van der Waals surface area contributed by atoms with Crippen LogP contribution in [0.2, 0.25) is 0 Å². The average Bonchev–Trinajstić information content (AvgIpc) is 3.48. The van der Waals surface area contributed by atoms with E-state index in [2.05, 4.69) is 79.9 Å². The predicted molar refractivity (Wildman–Crippen MR) is 346 cm³/mol. The summed E-state index contributed by atoms with van der Waals surface area (Å²) in [7, 11) is 0. The zero-order valence-electron chi connectivity index (χ0n) is 53.0. The third kappa shape index (κ3) is 49.8. The van der Waals surface area contributed by atoms with Crippen LogP contribution in [0.25, 0.3) is 0 Å². The number of aliphatic hydroxyl groups is 5. The number of nitrogens with one attached hydrogen (secondary N) is 1. The number of rotatable bonds is 61. The van der Waals surface area contributed by atoms with Crippen LogP contribution in [0.3, 0.4) is 0 Å². The summed E-state index contributed by atoms with van der Waals surface area (Å²) in [6.45, 7) is 3.77. The van der Waals surface area contributed by atoms with Gasteiger partial charge in [-0.3, -0.25) is 4.79 Å². The topological polar surface area (TPSA) is 149 Å². The van der Waals surface area contributed by atoms with Crippen LogP contribution in [0.1, 0.15) is 335 Å². The van der Waals surface area contributed by atoms with E-state index in [1.54, 1.807) is 0 Å². The van der Waals surface area contributed by atoms with Crippen LogP contribution >= 0.6 is 0 Å². The first-order chi connectivity index (χ1) is 39.8. The van der Waals surface area contributed by atoms with E-state index in [-0.39, 0.29) is 12.5 Å². The Kier molecular flexibility index (Phi) is 57.9. The first kappa shape index (κ1) is 76.9. The van der Waals surface area contributed by atoms with Gasteiger partial charge in [-0.05, 0) is 57.8 Å². The maximum Gasteiger partial charge on any atom is 0.220 e. The van der Waals surface area contributed by atoms with Crippen molar-refractivity contribution in [3.05, 3.63) is 60.8 Å². The molecule has 0 aromatic rings. The Morgan fingerprint density at radius 1 is 0.432 bits per heavy atom. The highest BCUT2D eigenvalue weighted by Crippen LogP contribution is 2.24. The Morgan fingerprint density at radius 2 is 0.765 bits per heavy atom. The van der Waals surface area contributed by atoms with Gasteiger partial charge < -0.3 is 40.3 Å². The third-order valence-electron chi connectivity index (χ3n) is 16.6. The van der Waals surface area contributed by atoms with Crippen molar-refractivity contribution in [2.24, 2.45) is 0 Å². The maximum absolute atomic E-state index is 13.1. The maximum atomic E-state index is 13.1. The van der Waals surface area contributed by atoms with Gasteiger partial charge in [0.1, 0.15) is 24.4 Å². The van der Waals surface area contributed by atoms with E-state index in [9.17, 15) is 30.3 Å². The Labute approximate surface area is 500 Å². The highest BCUT2D eigenvalue weighted by atomic mass is 16.7. The average molecular weight is 1140 g/mol. The van der Waals surface area contributed by atoms with E-state index in [1.807, 2.05) is 0 Å². The summed E-state index contributed by atoms with van der Waals surface area (Å²) >= 11 is 0. The van der Waals surface area contributed by atoms with Crippen LogP contribution in [-0.4, -0.2) is 87.5 Å². The number of hydrogen-bond acceptors (Lipinski definition) is 8. The van der Waals surface area contributed by atoms with Crippen molar-refractivity contribution in [3.63, 3.8) is 0 Å². The van der Waals surface area contributed by atoms with E-state index >= 15 is 0 Å². The lowest BCUT2D eigenvalue weighted by Gasteiger charge is -2.40. The minimum absolute atomic E-state index is 0.139. The second-order valence-electron chi connectivity index (χ2n) is 24.3. The fourth-order valence-corrected chi connectivity index (χ4v) is 11.2. The third-order valence-corrected chi connectivity index (χ3v) is 16.6. The number of ether oxygens (including phenoxy) is 2. The Bertz CT molecular complexity index is 1460. The van der Waals surface area contributed by atoms with E-state index in [0.717, 1.165) is 70.6 Å². The lowest BCUT2D eigenvalue weighted by Crippen LogP contribution is -2.60. The summed E-state index contributed by atoms with van der Waals surface area (Å²) in [5.41, 5.74) is 0. The van der Waals surface area contributed by atoms with Gasteiger partial charge in [0.05, 0.1) is 25.4 Å². The van der Waals surface area contributed by atoms with Gasteiger partial charge >= 0.3 is 0 Å². The minimum Gasteiger partial charge on any atom is -0.394 e. The van der Waals surface area contributed by atoms with Crippen molar-refractivity contribution >= 4 is 5.91 Å². The molecule has 474 valence electrons. The Morgan fingerprint density at radius 3 is 1.14 bits per heavy atom. The molecule has 9 heteroatoms. The molecule has 81 heavy (non-hydrogen) atoms. The lowest BCUT2D eigenvalue weighted by atomic mass is 9.99. The predicted octanol–water partition coefficient (Wildman–Crippen LogP) is 19.0. The van der Waals surface area contributed by atoms with Gasteiger partial charge in [0, 0.05) is 6.42 Å². The molecule has 1 amide bonds. The van der Waals surface area contributed by atoms with Crippen LogP contribution in [0.15, 0.2) is 60.8 Å². The van der Waals surface area contributed by atoms with Crippen molar-refractivity contribution in [2.45, 2.75) is 378 Å². The van der Waals surface area contributed by atoms with Crippen molar-refractivity contribution in [3.8, 4) is 0 Å². The number of amides is 1. The molecule has 6 N–H and O–H groups in total. The molecule has 7 unspecified atom stereocenters. The first-order valence-corrected chi connectivity index (χ1v) is 35.0. The SMILES string of the molecule is CC/C=C\C/C=C\C/C=C\C/C=C\C/C=C\CCCCCCCCCCCCCC(=O)NC(COC1OC(CO)C(O)C(O)C1O)C(O)CCCCCCCCCCCCCCCCCCCCCCCCCCCCCCCCC. The van der Waals surface area contributed by atoms with Gasteiger partial charge in [-0.25, -0.2) is 0 Å². The summed E-state index contributed by atoms with van der Waals surface area (Å²) in [6, 6.07) is -0.725. The first-order valence-electron chi connectivity index (χ1n) is 35.0. The molecular weight excluding hydrogens is 1010 g/mol. The molecule has 0 bridgehead atoms. The molecule has 0 aromatic heterocycles. The number of carbonyl (C=O) groups excluding carboxylic acids is 1. The summed E-state index contributed by atoms with van der Waals surface area (Å²) in [5, 5.41) is 55.0. The van der Waals surface area contributed by atoms with Gasteiger partial charge in [0.2, 0.25) is 5.91 Å². The second-order valence-corrected chi connectivity index (χ2v) is 24.3. The van der Waals surface area contributed by atoms with E-state index in [0.29, 0.717) is 12.8 Å². The Hall–Kier alpha value is -2.11. The van der Waals surface area contributed by atoms with Crippen LogP contribution in [0.4, 0.5) is 0 Å². The number of unbranched alkanes of at least 4 members (excludes halogenated alkanes) is 41. The van der Waals surface area contributed by atoms with Crippen LogP contribution < -0.4 is 5.32 Å². The molecule has 1 saturated heterocycles. The van der Waals surface area contributed by atoms with E-state index in [4.69, 9.17) is 9.47 Å². The molecule has 1 rings (SSSR count). The van der Waals surface area contributed by atoms with Crippen molar-refractivity contribution in [1.29, 1.82) is 0 Å². The minimum atomic E-state index is -1.56. The quantitative estimate of drug-likeness (QED) is 0.0261. The summed E-state index contributed by atoms with van der Waals surface area (Å²) in [4.78, 5) is 13.1. The van der Waals surface area contributed by atoms with Gasteiger partial charge in [-0.1, -0.05) is 331 Å². The molecule has 1 aliphatic heterocycles. The molecule has 1 fully saturated rings. The molecule has 0 spiro atoms. The molecule has 0 aliphatic carbocycles. The van der Waals surface area contributed by atoms with E-state index < -0.39 is 49.5 Å². The molecular formula is C72H133NO8.